The number of hydrogen-bond donors (Lipinski definition) is 3. The van der Waals surface area contributed by atoms with E-state index in [1.54, 1.807) is 26.0 Å². The highest BCUT2D eigenvalue weighted by atomic mass is 16.3. The minimum atomic E-state index is -0.391. The number of rotatable bonds is 2. The smallest absolute Gasteiger partial charge is 0.255 e. The number of nitrogens with one attached hydrogen (secondary N) is 2. The number of aromatic amines is 1. The molecular weight excluding hydrogens is 244 g/mol. The van der Waals surface area contributed by atoms with Gasteiger partial charge < -0.3 is 15.4 Å². The van der Waals surface area contributed by atoms with Gasteiger partial charge in [-0.1, -0.05) is 6.07 Å². The molecule has 1 amide bonds. The molecule has 0 spiro atoms. The van der Waals surface area contributed by atoms with Gasteiger partial charge in [-0.2, -0.15) is 0 Å². The second-order valence-electron chi connectivity index (χ2n) is 4.30. The zero-order valence-corrected chi connectivity index (χ0v) is 10.7. The Kier molecular flexibility index (Phi) is 3.37. The molecule has 0 atom stereocenters. The number of aromatic nitrogens is 1. The van der Waals surface area contributed by atoms with E-state index in [1.165, 1.54) is 18.3 Å². The standard InChI is InChI=1S/C14H14N2O3/c1-8-3-4-11(9(2)13(8)18)16-14(19)10-5-6-15-12(17)7-10/h3-7,18H,1-2H3,(H,15,17)(H,16,19). The molecule has 0 saturated heterocycles. The largest absolute Gasteiger partial charge is 0.507 e. The predicted octanol–water partition coefficient (Wildman–Crippen LogP) is 1.95. The number of aromatic hydroxyl groups is 1. The number of pyridine rings is 1. The van der Waals surface area contributed by atoms with E-state index in [0.717, 1.165) is 5.56 Å². The fourth-order valence-corrected chi connectivity index (χ4v) is 1.75. The number of amides is 1. The third-order valence-electron chi connectivity index (χ3n) is 2.92. The molecule has 1 aromatic carbocycles. The molecule has 0 unspecified atom stereocenters. The van der Waals surface area contributed by atoms with E-state index in [1.807, 2.05) is 0 Å². The Bertz CT molecular complexity index is 689. The third-order valence-corrected chi connectivity index (χ3v) is 2.92. The van der Waals surface area contributed by atoms with E-state index in [4.69, 9.17) is 0 Å². The minimum absolute atomic E-state index is 0.156. The molecule has 0 radical (unpaired) electrons. The summed E-state index contributed by atoms with van der Waals surface area (Å²) < 4.78 is 0. The number of aryl methyl sites for hydroxylation is 1. The fraction of sp³-hybridized carbons (Fsp3) is 0.143. The van der Waals surface area contributed by atoms with Crippen LogP contribution < -0.4 is 10.9 Å². The zero-order chi connectivity index (χ0) is 14.0. The van der Waals surface area contributed by atoms with Crippen LogP contribution in [-0.4, -0.2) is 16.0 Å². The van der Waals surface area contributed by atoms with Gasteiger partial charge in [0.05, 0.1) is 0 Å². The molecule has 1 heterocycles. The number of carbonyl (C=O) groups is 1. The number of benzene rings is 1. The van der Waals surface area contributed by atoms with Crippen LogP contribution in [0, 0.1) is 13.8 Å². The molecule has 2 rings (SSSR count). The van der Waals surface area contributed by atoms with Crippen molar-refractivity contribution in [3.63, 3.8) is 0 Å². The van der Waals surface area contributed by atoms with Crippen molar-refractivity contribution in [3.8, 4) is 5.75 Å². The number of phenolic OH excluding ortho intramolecular Hbond substituents is 1. The summed E-state index contributed by atoms with van der Waals surface area (Å²) in [5, 5.41) is 12.5. The van der Waals surface area contributed by atoms with E-state index >= 15 is 0 Å². The normalized spacial score (nSPS) is 10.2. The van der Waals surface area contributed by atoms with Crippen molar-refractivity contribution in [2.45, 2.75) is 13.8 Å². The molecule has 0 aliphatic heterocycles. The van der Waals surface area contributed by atoms with Crippen molar-refractivity contribution < 1.29 is 9.90 Å². The summed E-state index contributed by atoms with van der Waals surface area (Å²) >= 11 is 0. The molecule has 98 valence electrons. The van der Waals surface area contributed by atoms with E-state index in [9.17, 15) is 14.7 Å². The van der Waals surface area contributed by atoms with Crippen LogP contribution in [0.3, 0.4) is 0 Å². The molecule has 19 heavy (non-hydrogen) atoms. The summed E-state index contributed by atoms with van der Waals surface area (Å²) in [5.74, 6) is -0.235. The summed E-state index contributed by atoms with van der Waals surface area (Å²) in [6.45, 7) is 3.50. The highest BCUT2D eigenvalue weighted by Crippen LogP contribution is 2.28. The topological polar surface area (TPSA) is 82.2 Å². The van der Waals surface area contributed by atoms with Crippen LogP contribution in [0.25, 0.3) is 0 Å². The maximum Gasteiger partial charge on any atom is 0.255 e. The van der Waals surface area contributed by atoms with E-state index in [-0.39, 0.29) is 16.9 Å². The summed E-state index contributed by atoms with van der Waals surface area (Å²) in [6, 6.07) is 6.17. The molecule has 0 bridgehead atoms. The number of anilines is 1. The molecule has 0 saturated carbocycles. The van der Waals surface area contributed by atoms with Gasteiger partial charge in [0.25, 0.3) is 5.91 Å². The lowest BCUT2D eigenvalue weighted by Crippen LogP contribution is -2.16. The van der Waals surface area contributed by atoms with Crippen LogP contribution in [0.15, 0.2) is 35.3 Å². The third kappa shape index (κ3) is 2.65. The lowest BCUT2D eigenvalue weighted by molar-refractivity contribution is 0.102. The van der Waals surface area contributed by atoms with Crippen molar-refractivity contribution in [1.29, 1.82) is 0 Å². The molecule has 2 aromatic rings. The number of hydrogen-bond acceptors (Lipinski definition) is 3. The van der Waals surface area contributed by atoms with Crippen molar-refractivity contribution in [2.24, 2.45) is 0 Å². The molecule has 0 fully saturated rings. The maximum absolute atomic E-state index is 12.0. The Hall–Kier alpha value is -2.56. The van der Waals surface area contributed by atoms with Crippen molar-refractivity contribution in [1.82, 2.24) is 4.98 Å². The predicted molar refractivity (Wildman–Crippen MR) is 72.6 cm³/mol. The van der Waals surface area contributed by atoms with Crippen molar-refractivity contribution in [3.05, 3.63) is 57.5 Å². The highest BCUT2D eigenvalue weighted by molar-refractivity contribution is 6.04. The summed E-state index contributed by atoms with van der Waals surface area (Å²) in [6.07, 6.45) is 1.41. The lowest BCUT2D eigenvalue weighted by atomic mass is 10.1. The minimum Gasteiger partial charge on any atom is -0.507 e. The first-order chi connectivity index (χ1) is 8.99. The Labute approximate surface area is 109 Å². The Morgan fingerprint density at radius 3 is 2.68 bits per heavy atom. The SMILES string of the molecule is Cc1ccc(NC(=O)c2cc[nH]c(=O)c2)c(C)c1O. The Morgan fingerprint density at radius 2 is 2.00 bits per heavy atom. The van der Waals surface area contributed by atoms with E-state index in [2.05, 4.69) is 10.3 Å². The number of H-pyrrole nitrogens is 1. The van der Waals surface area contributed by atoms with Gasteiger partial charge in [0, 0.05) is 29.1 Å². The molecule has 1 aromatic heterocycles. The van der Waals surface area contributed by atoms with E-state index < -0.39 is 5.91 Å². The zero-order valence-electron chi connectivity index (χ0n) is 10.7. The first-order valence-corrected chi connectivity index (χ1v) is 5.78. The average Bonchev–Trinajstić information content (AvgIpc) is 2.39. The first-order valence-electron chi connectivity index (χ1n) is 5.78. The molecular formula is C14H14N2O3. The van der Waals surface area contributed by atoms with E-state index in [0.29, 0.717) is 11.3 Å². The monoisotopic (exact) mass is 258 g/mol. The van der Waals surface area contributed by atoms with Crippen LogP contribution in [0.2, 0.25) is 0 Å². The fourth-order valence-electron chi connectivity index (χ4n) is 1.75. The summed E-state index contributed by atoms with van der Waals surface area (Å²) in [4.78, 5) is 25.5. The summed E-state index contributed by atoms with van der Waals surface area (Å²) in [5.41, 5.74) is 1.79. The highest BCUT2D eigenvalue weighted by Gasteiger charge is 2.11. The van der Waals surface area contributed by atoms with Crippen LogP contribution in [-0.2, 0) is 0 Å². The van der Waals surface area contributed by atoms with Gasteiger partial charge in [0.1, 0.15) is 5.75 Å². The number of carbonyl (C=O) groups excluding carboxylic acids is 1. The van der Waals surface area contributed by atoms with Crippen molar-refractivity contribution >= 4 is 11.6 Å². The summed E-state index contributed by atoms with van der Waals surface area (Å²) in [7, 11) is 0. The molecule has 5 nitrogen and oxygen atoms in total. The van der Waals surface area contributed by atoms with Crippen LogP contribution in [0.5, 0.6) is 5.75 Å². The molecule has 0 aliphatic rings. The second-order valence-corrected chi connectivity index (χ2v) is 4.30. The van der Waals surface area contributed by atoms with Gasteiger partial charge in [0.15, 0.2) is 0 Å². The van der Waals surface area contributed by atoms with Gasteiger partial charge in [-0.25, -0.2) is 0 Å². The van der Waals surface area contributed by atoms with Gasteiger partial charge in [-0.15, -0.1) is 0 Å². The maximum atomic E-state index is 12.0. The van der Waals surface area contributed by atoms with Crippen LogP contribution in [0.4, 0.5) is 5.69 Å². The molecule has 5 heteroatoms. The lowest BCUT2D eigenvalue weighted by Gasteiger charge is -2.11. The second kappa shape index (κ2) is 4.97. The Morgan fingerprint density at radius 1 is 1.26 bits per heavy atom. The van der Waals surface area contributed by atoms with Crippen molar-refractivity contribution in [2.75, 3.05) is 5.32 Å². The quantitative estimate of drug-likeness (QED) is 0.770. The van der Waals surface area contributed by atoms with Gasteiger partial charge in [-0.05, 0) is 31.5 Å². The molecule has 3 N–H and O–H groups in total. The van der Waals surface area contributed by atoms with Gasteiger partial charge in [-0.3, -0.25) is 9.59 Å². The van der Waals surface area contributed by atoms with Gasteiger partial charge >= 0.3 is 0 Å². The van der Waals surface area contributed by atoms with Gasteiger partial charge in [0.2, 0.25) is 5.56 Å². The van der Waals surface area contributed by atoms with Crippen LogP contribution in [0.1, 0.15) is 21.5 Å². The Balaban J connectivity index is 2.29. The molecule has 0 aliphatic carbocycles. The van der Waals surface area contributed by atoms with Crippen LogP contribution >= 0.6 is 0 Å². The average molecular weight is 258 g/mol. The first kappa shape index (κ1) is 12.9. The number of phenols is 1.